The van der Waals surface area contributed by atoms with Crippen molar-refractivity contribution >= 4 is 28.0 Å². The summed E-state index contributed by atoms with van der Waals surface area (Å²) in [6, 6.07) is 9.59. The molecular formula is C32H39FN6O3. The zero-order valence-electron chi connectivity index (χ0n) is 24.4. The number of aryl methyl sites for hydroxylation is 1. The Morgan fingerprint density at radius 3 is 2.74 bits per heavy atom. The van der Waals surface area contributed by atoms with Gasteiger partial charge in [0.1, 0.15) is 23.1 Å². The molecule has 0 spiro atoms. The second-order valence-electron chi connectivity index (χ2n) is 12.3. The number of fused-ring (bicyclic) bond motifs is 2. The van der Waals surface area contributed by atoms with E-state index in [-0.39, 0.29) is 31.0 Å². The lowest BCUT2D eigenvalue weighted by Gasteiger charge is -2.33. The first-order chi connectivity index (χ1) is 20.4. The van der Waals surface area contributed by atoms with E-state index in [9.17, 15) is 9.18 Å². The van der Waals surface area contributed by atoms with Crippen molar-refractivity contribution in [2.75, 3.05) is 26.8 Å². The lowest BCUT2D eigenvalue weighted by atomic mass is 10.0. The van der Waals surface area contributed by atoms with Gasteiger partial charge in [-0.2, -0.15) is 0 Å². The number of nitrogens with two attached hydrogens (primary N) is 1. The number of carbonyl (C=O) groups excluding carboxylic acids is 1. The summed E-state index contributed by atoms with van der Waals surface area (Å²) in [7, 11) is 3.57. The Balaban J connectivity index is 1.29. The maximum atomic E-state index is 14.2. The summed E-state index contributed by atoms with van der Waals surface area (Å²) in [6.45, 7) is 2.10. The number of benzene rings is 1. The second kappa shape index (κ2) is 11.0. The van der Waals surface area contributed by atoms with Gasteiger partial charge in [0.25, 0.3) is 5.91 Å². The van der Waals surface area contributed by atoms with E-state index in [0.29, 0.717) is 29.3 Å². The normalized spacial score (nSPS) is 23.1. The maximum absolute atomic E-state index is 14.2. The number of carbonyl (C=O) groups is 1. The number of amides is 1. The van der Waals surface area contributed by atoms with E-state index in [1.807, 2.05) is 11.6 Å². The molecule has 3 aromatic heterocycles. The maximum Gasteiger partial charge on any atom is 0.254 e. The summed E-state index contributed by atoms with van der Waals surface area (Å²) < 4.78 is 30.3. The molecule has 5 heterocycles. The predicted molar refractivity (Wildman–Crippen MR) is 159 cm³/mol. The number of hydrogen-bond acceptors (Lipinski definition) is 6. The Kier molecular flexibility index (Phi) is 7.14. The molecule has 2 N–H and O–H groups in total. The number of likely N-dealkylation sites (tertiary alicyclic amines) is 1. The van der Waals surface area contributed by atoms with Crippen LogP contribution in [0.5, 0.6) is 5.75 Å². The SMILES string of the molecule is COc1cc(C(=O)N2C[C@H](N)C[C@@H](F)C2)cc2nc(-c3cc4ccc(CC5CCCCO5)nc4n3CC3CC3)n(C)c12. The van der Waals surface area contributed by atoms with Gasteiger partial charge in [0, 0.05) is 55.9 Å². The minimum absolute atomic E-state index is 0.0451. The number of methoxy groups -OCH3 is 1. The molecule has 1 amide bonds. The van der Waals surface area contributed by atoms with Gasteiger partial charge in [0.05, 0.1) is 31.0 Å². The highest BCUT2D eigenvalue weighted by atomic mass is 19.1. The molecule has 1 saturated carbocycles. The quantitative estimate of drug-likeness (QED) is 0.346. The molecule has 2 saturated heterocycles. The van der Waals surface area contributed by atoms with Crippen LogP contribution in [0, 0.1) is 5.92 Å². The van der Waals surface area contributed by atoms with Gasteiger partial charge in [-0.3, -0.25) is 4.79 Å². The molecule has 42 heavy (non-hydrogen) atoms. The highest BCUT2D eigenvalue weighted by Crippen LogP contribution is 2.38. The molecule has 222 valence electrons. The van der Waals surface area contributed by atoms with E-state index in [1.165, 1.54) is 24.2 Å². The fourth-order valence-corrected chi connectivity index (χ4v) is 6.65. The van der Waals surface area contributed by atoms with E-state index < -0.39 is 6.17 Å². The van der Waals surface area contributed by atoms with Crippen LogP contribution in [0.4, 0.5) is 4.39 Å². The molecule has 1 aromatic carbocycles. The Labute approximate surface area is 244 Å². The van der Waals surface area contributed by atoms with Crippen LogP contribution in [0.25, 0.3) is 33.6 Å². The van der Waals surface area contributed by atoms with Crippen LogP contribution in [-0.4, -0.2) is 75.0 Å². The molecule has 1 aliphatic carbocycles. The first kappa shape index (κ1) is 27.3. The highest BCUT2D eigenvalue weighted by Gasteiger charge is 2.31. The minimum atomic E-state index is -1.12. The molecule has 0 bridgehead atoms. The smallest absolute Gasteiger partial charge is 0.254 e. The zero-order valence-corrected chi connectivity index (χ0v) is 24.4. The molecule has 3 aliphatic rings. The van der Waals surface area contributed by atoms with Crippen molar-refractivity contribution in [1.29, 1.82) is 0 Å². The number of alkyl halides is 1. The number of halogens is 1. The van der Waals surface area contributed by atoms with Crippen molar-refractivity contribution in [3.63, 3.8) is 0 Å². The third kappa shape index (κ3) is 5.15. The predicted octanol–water partition coefficient (Wildman–Crippen LogP) is 4.63. The monoisotopic (exact) mass is 574 g/mol. The van der Waals surface area contributed by atoms with Crippen LogP contribution >= 0.6 is 0 Å². The largest absolute Gasteiger partial charge is 0.494 e. The number of pyridine rings is 1. The van der Waals surface area contributed by atoms with Gasteiger partial charge in [-0.05, 0) is 74.8 Å². The van der Waals surface area contributed by atoms with Gasteiger partial charge in [-0.25, -0.2) is 14.4 Å². The summed E-state index contributed by atoms with van der Waals surface area (Å²) in [6.07, 6.45) is 6.07. The van der Waals surface area contributed by atoms with Gasteiger partial charge >= 0.3 is 0 Å². The van der Waals surface area contributed by atoms with Crippen LogP contribution in [-0.2, 0) is 24.8 Å². The molecule has 4 aromatic rings. The Bertz CT molecular complexity index is 1630. The lowest BCUT2D eigenvalue weighted by molar-refractivity contribution is 0.0163. The number of rotatable bonds is 7. The van der Waals surface area contributed by atoms with Gasteiger partial charge in [0.2, 0.25) is 0 Å². The molecule has 7 rings (SSSR count). The summed E-state index contributed by atoms with van der Waals surface area (Å²) >= 11 is 0. The van der Waals surface area contributed by atoms with Gasteiger partial charge in [0.15, 0.2) is 5.82 Å². The fourth-order valence-electron chi connectivity index (χ4n) is 6.65. The molecular weight excluding hydrogens is 535 g/mol. The molecule has 3 atom stereocenters. The van der Waals surface area contributed by atoms with Crippen molar-refractivity contribution in [1.82, 2.24) is 24.0 Å². The molecule has 2 aliphatic heterocycles. The molecule has 0 radical (unpaired) electrons. The third-order valence-corrected chi connectivity index (χ3v) is 9.00. The minimum Gasteiger partial charge on any atom is -0.494 e. The highest BCUT2D eigenvalue weighted by molar-refractivity contribution is 6.00. The Hall–Kier alpha value is -3.50. The van der Waals surface area contributed by atoms with E-state index in [1.54, 1.807) is 19.2 Å². The van der Waals surface area contributed by atoms with Crippen molar-refractivity contribution < 1.29 is 18.7 Å². The van der Waals surface area contributed by atoms with Crippen LogP contribution in [0.3, 0.4) is 0 Å². The summed E-state index contributed by atoms with van der Waals surface area (Å²) in [5.41, 5.74) is 10.9. The second-order valence-corrected chi connectivity index (χ2v) is 12.3. The molecule has 1 unspecified atom stereocenters. The molecule has 10 heteroatoms. The van der Waals surface area contributed by atoms with Gasteiger partial charge in [-0.15, -0.1) is 0 Å². The average molecular weight is 575 g/mol. The van der Waals surface area contributed by atoms with E-state index in [0.717, 1.165) is 66.2 Å². The van der Waals surface area contributed by atoms with Crippen LogP contribution in [0.1, 0.15) is 54.6 Å². The van der Waals surface area contributed by atoms with Crippen LogP contribution < -0.4 is 10.5 Å². The number of hydrogen-bond donors (Lipinski definition) is 1. The third-order valence-electron chi connectivity index (χ3n) is 9.00. The summed E-state index contributed by atoms with van der Waals surface area (Å²) in [4.78, 5) is 25.1. The Morgan fingerprint density at radius 1 is 1.14 bits per heavy atom. The van der Waals surface area contributed by atoms with Crippen LogP contribution in [0.2, 0.25) is 0 Å². The van der Waals surface area contributed by atoms with Crippen molar-refractivity contribution in [2.24, 2.45) is 18.7 Å². The fraction of sp³-hybridized carbons (Fsp3) is 0.531. The first-order valence-electron chi connectivity index (χ1n) is 15.2. The van der Waals surface area contributed by atoms with E-state index in [2.05, 4.69) is 22.8 Å². The van der Waals surface area contributed by atoms with Crippen molar-refractivity contribution in [2.45, 2.75) is 69.8 Å². The topological polar surface area (TPSA) is 100 Å². The lowest BCUT2D eigenvalue weighted by Crippen LogP contribution is -2.50. The van der Waals surface area contributed by atoms with E-state index >= 15 is 0 Å². The van der Waals surface area contributed by atoms with Crippen molar-refractivity contribution in [3.05, 3.63) is 41.6 Å². The molecule has 3 fully saturated rings. The summed E-state index contributed by atoms with van der Waals surface area (Å²) in [5.74, 6) is 1.71. The van der Waals surface area contributed by atoms with Gasteiger partial charge in [-0.1, -0.05) is 0 Å². The number of imidazole rings is 1. The number of ether oxygens (including phenoxy) is 2. The average Bonchev–Trinajstić information content (AvgIpc) is 3.66. The first-order valence-corrected chi connectivity index (χ1v) is 15.2. The molecule has 9 nitrogen and oxygen atoms in total. The number of nitrogens with zero attached hydrogens (tertiary/aromatic N) is 5. The number of aromatic nitrogens is 4. The zero-order chi connectivity index (χ0) is 29.0. The van der Waals surface area contributed by atoms with Crippen molar-refractivity contribution in [3.8, 4) is 17.3 Å². The summed E-state index contributed by atoms with van der Waals surface area (Å²) in [5, 5.41) is 1.08. The Morgan fingerprint density at radius 2 is 2.00 bits per heavy atom. The van der Waals surface area contributed by atoms with Gasteiger partial charge < -0.3 is 29.2 Å². The van der Waals surface area contributed by atoms with Crippen LogP contribution in [0.15, 0.2) is 30.3 Å². The van der Waals surface area contributed by atoms with E-state index in [4.69, 9.17) is 25.2 Å². The standard InChI is InChI=1S/C32H39FN6O3/c1-37-29-26(11-21(13-28(29)41-2)32(40)38-17-22(33)14-23(34)18-38)36-31(37)27-12-20-8-9-24(15-25-5-3-4-10-42-25)35-30(20)39(27)16-19-6-7-19/h8-9,11-13,19,22-23,25H,3-7,10,14-18,34H2,1-2H3/t22-,23-,25?/m1/s1. The number of piperidine rings is 1.